The van der Waals surface area contributed by atoms with Crippen molar-refractivity contribution in [1.82, 2.24) is 4.57 Å². The highest BCUT2D eigenvalue weighted by molar-refractivity contribution is 7.07. The first kappa shape index (κ1) is 24.4. The molecule has 0 N–H and O–H groups in total. The Balaban J connectivity index is 1.75. The maximum Gasteiger partial charge on any atom is 0.338 e. The van der Waals surface area contributed by atoms with Crippen LogP contribution in [0.5, 0.6) is 0 Å². The Bertz CT molecular complexity index is 1660. The van der Waals surface area contributed by atoms with Crippen LogP contribution in [0, 0.1) is 0 Å². The van der Waals surface area contributed by atoms with Crippen molar-refractivity contribution in [2.75, 3.05) is 18.1 Å². The summed E-state index contributed by atoms with van der Waals surface area (Å²) in [5, 5.41) is 0. The molecule has 186 valence electrons. The van der Waals surface area contributed by atoms with Crippen molar-refractivity contribution in [3.8, 4) is 0 Å². The maximum absolute atomic E-state index is 14.0. The zero-order valence-electron chi connectivity index (χ0n) is 20.5. The smallest absolute Gasteiger partial charge is 0.338 e. The number of allylic oxidation sites excluding steroid dienone is 2. The number of hydrogen-bond donors (Lipinski definition) is 0. The third-order valence-corrected chi connectivity index (χ3v) is 7.32. The number of ether oxygens (including phenoxy) is 1. The van der Waals surface area contributed by atoms with Gasteiger partial charge in [-0.2, -0.15) is 0 Å². The molecule has 5 rings (SSSR count). The molecular formula is C29H25N3O4S. The number of para-hydroxylation sites is 1. The van der Waals surface area contributed by atoms with Crippen LogP contribution in [0.3, 0.4) is 0 Å². The molecule has 0 saturated heterocycles. The van der Waals surface area contributed by atoms with Gasteiger partial charge in [-0.05, 0) is 25.5 Å². The van der Waals surface area contributed by atoms with Crippen molar-refractivity contribution in [3.05, 3.63) is 115 Å². The van der Waals surface area contributed by atoms with E-state index in [2.05, 4.69) is 11.6 Å². The number of hydrogen-bond acceptors (Lipinski definition) is 6. The fourth-order valence-electron chi connectivity index (χ4n) is 4.64. The lowest BCUT2D eigenvalue weighted by Crippen LogP contribution is -2.40. The van der Waals surface area contributed by atoms with Crippen molar-refractivity contribution >= 4 is 40.5 Å². The molecule has 37 heavy (non-hydrogen) atoms. The second-order valence-electron chi connectivity index (χ2n) is 8.53. The molecule has 0 fully saturated rings. The molecular weight excluding hydrogens is 486 g/mol. The Morgan fingerprint density at radius 3 is 2.59 bits per heavy atom. The number of carbonyl (C=O) groups is 2. The van der Waals surface area contributed by atoms with Gasteiger partial charge in [0.05, 0.1) is 35.2 Å². The zero-order chi connectivity index (χ0) is 26.1. The van der Waals surface area contributed by atoms with Gasteiger partial charge in [0.1, 0.15) is 4.53 Å². The number of aromatic nitrogens is 1. The lowest BCUT2D eigenvalue weighted by atomic mass is 10.0. The highest BCUT2D eigenvalue weighted by Crippen LogP contribution is 2.35. The van der Waals surface area contributed by atoms with Gasteiger partial charge in [-0.15, -0.1) is 6.58 Å². The monoisotopic (exact) mass is 511 g/mol. The lowest BCUT2D eigenvalue weighted by molar-refractivity contribution is -0.139. The summed E-state index contributed by atoms with van der Waals surface area (Å²) in [6.07, 6.45) is 5.33. The predicted octanol–water partition coefficient (Wildman–Crippen LogP) is 3.37. The van der Waals surface area contributed by atoms with E-state index in [1.54, 1.807) is 30.9 Å². The van der Waals surface area contributed by atoms with Gasteiger partial charge in [-0.1, -0.05) is 78.1 Å². The number of esters is 1. The Labute approximate surface area is 217 Å². The SMILES string of the molecule is C=CCN1C(=O)/C(=c2\sc3n(c2=O)[C@H](/C=C/c2ccccc2)C(C(=O)OCC)=C(C)N=3)c2ccccc21. The van der Waals surface area contributed by atoms with Crippen molar-refractivity contribution in [3.63, 3.8) is 0 Å². The minimum atomic E-state index is -0.735. The van der Waals surface area contributed by atoms with Crippen molar-refractivity contribution < 1.29 is 14.3 Å². The minimum absolute atomic E-state index is 0.198. The molecule has 0 spiro atoms. The second kappa shape index (κ2) is 9.99. The highest BCUT2D eigenvalue weighted by Gasteiger charge is 2.35. The van der Waals surface area contributed by atoms with Crippen LogP contribution in [-0.4, -0.2) is 29.6 Å². The van der Waals surface area contributed by atoms with E-state index in [1.807, 2.05) is 60.7 Å². The topological polar surface area (TPSA) is 81.0 Å². The zero-order valence-corrected chi connectivity index (χ0v) is 21.3. The molecule has 7 nitrogen and oxygen atoms in total. The number of thiazole rings is 1. The normalized spacial score (nSPS) is 18.1. The van der Waals surface area contributed by atoms with Gasteiger partial charge in [0, 0.05) is 12.1 Å². The molecule has 2 aromatic carbocycles. The van der Waals surface area contributed by atoms with E-state index in [4.69, 9.17) is 4.74 Å². The van der Waals surface area contributed by atoms with Crippen LogP contribution < -0.4 is 19.8 Å². The average molecular weight is 512 g/mol. The number of rotatable bonds is 6. The van der Waals surface area contributed by atoms with Crippen LogP contribution in [-0.2, 0) is 14.3 Å². The quantitative estimate of drug-likeness (QED) is 0.376. The highest BCUT2D eigenvalue weighted by atomic mass is 32.1. The summed E-state index contributed by atoms with van der Waals surface area (Å²) in [5.41, 5.74) is 3.08. The van der Waals surface area contributed by atoms with Gasteiger partial charge in [-0.3, -0.25) is 14.2 Å². The van der Waals surface area contributed by atoms with Gasteiger partial charge in [0.15, 0.2) is 4.80 Å². The van der Waals surface area contributed by atoms with Gasteiger partial charge >= 0.3 is 5.97 Å². The van der Waals surface area contributed by atoms with Gasteiger partial charge in [0.2, 0.25) is 0 Å². The van der Waals surface area contributed by atoms with Crippen LogP contribution in [0.2, 0.25) is 0 Å². The molecule has 1 atom stereocenters. The standard InChI is InChI=1S/C29H25N3O4S/c1-4-17-31-21-14-10-9-13-20(21)24(26(31)33)25-27(34)32-22(16-15-19-11-7-6-8-12-19)23(28(35)36-5-2)18(3)30-29(32)37-25/h4,6-16,22H,1,5,17H2,2-3H3/b16-15+,25-24-/t22-/m1/s1. The summed E-state index contributed by atoms with van der Waals surface area (Å²) < 4.78 is 7.10. The van der Waals surface area contributed by atoms with Crippen molar-refractivity contribution in [1.29, 1.82) is 0 Å². The summed E-state index contributed by atoms with van der Waals surface area (Å²) in [7, 11) is 0. The fraction of sp³-hybridized carbons (Fsp3) is 0.172. The van der Waals surface area contributed by atoms with Gasteiger partial charge < -0.3 is 9.64 Å². The first-order valence-corrected chi connectivity index (χ1v) is 12.8. The van der Waals surface area contributed by atoms with E-state index in [9.17, 15) is 14.4 Å². The van der Waals surface area contributed by atoms with E-state index >= 15 is 0 Å². The third kappa shape index (κ3) is 4.19. The van der Waals surface area contributed by atoms with Crippen LogP contribution >= 0.6 is 11.3 Å². The Hall–Kier alpha value is -4.30. The molecule has 3 aromatic rings. The van der Waals surface area contributed by atoms with E-state index in [-0.39, 0.29) is 18.1 Å². The first-order valence-electron chi connectivity index (χ1n) is 11.9. The maximum atomic E-state index is 14.0. The third-order valence-electron chi connectivity index (χ3n) is 6.27. The summed E-state index contributed by atoms with van der Waals surface area (Å²) in [6, 6.07) is 16.3. The molecule has 0 saturated carbocycles. The van der Waals surface area contributed by atoms with Crippen molar-refractivity contribution in [2.24, 2.45) is 4.99 Å². The molecule has 0 unspecified atom stereocenters. The van der Waals surface area contributed by atoms with Crippen LogP contribution in [0.25, 0.3) is 11.6 Å². The summed E-state index contributed by atoms with van der Waals surface area (Å²) >= 11 is 1.16. The minimum Gasteiger partial charge on any atom is -0.463 e. The molecule has 3 heterocycles. The summed E-state index contributed by atoms with van der Waals surface area (Å²) in [4.78, 5) is 47.1. The second-order valence-corrected chi connectivity index (χ2v) is 9.51. The van der Waals surface area contributed by atoms with Crippen molar-refractivity contribution in [2.45, 2.75) is 19.9 Å². The molecule has 8 heteroatoms. The van der Waals surface area contributed by atoms with Crippen LogP contribution in [0.15, 0.2) is 94.4 Å². The number of carbonyl (C=O) groups excluding carboxylic acids is 2. The van der Waals surface area contributed by atoms with E-state index in [0.717, 1.165) is 22.6 Å². The molecule has 0 aliphatic carbocycles. The van der Waals surface area contributed by atoms with Crippen LogP contribution in [0.1, 0.15) is 31.0 Å². The molecule has 0 bridgehead atoms. The number of amides is 1. The number of benzene rings is 2. The Morgan fingerprint density at radius 1 is 1.14 bits per heavy atom. The van der Waals surface area contributed by atoms with Gasteiger partial charge in [-0.25, -0.2) is 9.79 Å². The summed E-state index contributed by atoms with van der Waals surface area (Å²) in [6.45, 7) is 7.76. The van der Waals surface area contributed by atoms with E-state index < -0.39 is 12.0 Å². The molecule has 2 aliphatic rings. The lowest BCUT2D eigenvalue weighted by Gasteiger charge is -2.21. The largest absolute Gasteiger partial charge is 0.463 e. The summed E-state index contributed by atoms with van der Waals surface area (Å²) in [5.74, 6) is -0.784. The average Bonchev–Trinajstić information content (AvgIpc) is 3.36. The number of fused-ring (bicyclic) bond motifs is 2. The van der Waals surface area contributed by atoms with Crippen LogP contribution in [0.4, 0.5) is 5.69 Å². The predicted molar refractivity (Wildman–Crippen MR) is 145 cm³/mol. The van der Waals surface area contributed by atoms with E-state index in [1.165, 1.54) is 4.57 Å². The first-order chi connectivity index (χ1) is 18.0. The fourth-order valence-corrected chi connectivity index (χ4v) is 5.79. The number of anilines is 1. The van der Waals surface area contributed by atoms with E-state index in [0.29, 0.717) is 38.3 Å². The Morgan fingerprint density at radius 2 is 1.86 bits per heavy atom. The molecule has 0 radical (unpaired) electrons. The molecule has 2 aliphatic heterocycles. The van der Waals surface area contributed by atoms with Gasteiger partial charge in [0.25, 0.3) is 11.5 Å². The molecule has 1 aromatic heterocycles. The molecule has 1 amide bonds. The number of nitrogens with zero attached hydrogens (tertiary/aromatic N) is 3. The Kier molecular flexibility index (Phi) is 6.58.